The third kappa shape index (κ3) is 6.20. The Hall–Kier alpha value is 0.190. The predicted molar refractivity (Wildman–Crippen MR) is 56.2 cm³/mol. The van der Waals surface area contributed by atoms with Crippen LogP contribution < -0.4 is 19.6 Å². The molecule has 23 heavy (non-hydrogen) atoms. The number of aliphatic hydroxyl groups is 1. The summed E-state index contributed by atoms with van der Waals surface area (Å²) in [6.07, 6.45) is -6.07. The van der Waals surface area contributed by atoms with Gasteiger partial charge in [-0.3, -0.25) is 13.4 Å². The molecule has 1 aliphatic heterocycles. The maximum absolute atomic E-state index is 13.2. The molecule has 1 aliphatic rings. The summed E-state index contributed by atoms with van der Waals surface area (Å²) in [6, 6.07) is 0. The van der Waals surface area contributed by atoms with E-state index in [0.29, 0.717) is 0 Å². The van der Waals surface area contributed by atoms with Crippen molar-refractivity contribution in [3.8, 4) is 0 Å². The number of alkyl halides is 2. The van der Waals surface area contributed by atoms with Crippen LogP contribution in [-0.2, 0) is 31.6 Å². The Morgan fingerprint density at radius 1 is 1.13 bits per heavy atom. The van der Waals surface area contributed by atoms with E-state index in [-0.39, 0.29) is 0 Å². The van der Waals surface area contributed by atoms with Crippen molar-refractivity contribution in [2.45, 2.75) is 31.2 Å². The summed E-state index contributed by atoms with van der Waals surface area (Å²) in [6.45, 7) is -0.384. The van der Waals surface area contributed by atoms with E-state index in [9.17, 15) is 47.2 Å². The first-order valence-electron chi connectivity index (χ1n) is 5.48. The summed E-state index contributed by atoms with van der Waals surface area (Å²) < 4.78 is 73.1. The van der Waals surface area contributed by atoms with Crippen LogP contribution in [0.1, 0.15) is 6.92 Å². The minimum absolute atomic E-state index is 0.885. The van der Waals surface area contributed by atoms with Crippen LogP contribution in [0.4, 0.5) is 8.78 Å². The van der Waals surface area contributed by atoms with E-state index in [2.05, 4.69) is 17.9 Å². The molecule has 1 fully saturated rings. The van der Waals surface area contributed by atoms with Crippen LogP contribution in [0.3, 0.4) is 0 Å². The molecule has 0 amide bonds. The number of phosphoric ester groups is 1. The first kappa shape index (κ1) is 21.2. The fourth-order valence-electron chi connectivity index (χ4n) is 1.49. The molecule has 0 bridgehead atoms. The van der Waals surface area contributed by atoms with Gasteiger partial charge < -0.3 is 38.5 Å². The number of phosphoric acid groups is 3. The maximum atomic E-state index is 13.2. The zero-order valence-corrected chi connectivity index (χ0v) is 13.7. The second-order valence-corrected chi connectivity index (χ2v) is 8.48. The Morgan fingerprint density at radius 2 is 1.65 bits per heavy atom. The predicted octanol–water partition coefficient (Wildman–Crippen LogP) is -2.41. The molecule has 1 N–H and O–H groups in total. The highest BCUT2D eigenvalue weighted by Gasteiger charge is 2.56. The zero-order valence-electron chi connectivity index (χ0n) is 11.0. The van der Waals surface area contributed by atoms with E-state index < -0.39 is 54.3 Å². The van der Waals surface area contributed by atoms with Crippen molar-refractivity contribution in [3.05, 3.63) is 0 Å². The Morgan fingerprint density at radius 3 is 2.04 bits per heavy atom. The Kier molecular flexibility index (Phi) is 6.31. The molecule has 0 saturated carbocycles. The smallest absolute Gasteiger partial charge is 0.301 e. The van der Waals surface area contributed by atoms with Crippen LogP contribution in [-0.4, -0.2) is 35.9 Å². The van der Waals surface area contributed by atoms with E-state index in [1.807, 2.05) is 0 Å². The molecule has 0 aromatic carbocycles. The fourth-order valence-corrected chi connectivity index (χ4v) is 4.36. The maximum Gasteiger partial charge on any atom is 0.301 e. The van der Waals surface area contributed by atoms with Crippen molar-refractivity contribution in [1.82, 2.24) is 0 Å². The van der Waals surface area contributed by atoms with Crippen LogP contribution in [0.15, 0.2) is 0 Å². The molecule has 0 aromatic rings. The second-order valence-electron chi connectivity index (χ2n) is 4.24. The second kappa shape index (κ2) is 6.83. The molecule has 0 radical (unpaired) electrons. The van der Waals surface area contributed by atoms with E-state index in [0.717, 1.165) is 6.92 Å². The molecule has 1 saturated heterocycles. The molecule has 12 nitrogen and oxygen atoms in total. The van der Waals surface area contributed by atoms with Crippen LogP contribution in [0.2, 0.25) is 0 Å². The molecule has 17 heteroatoms. The van der Waals surface area contributed by atoms with Gasteiger partial charge in [0, 0.05) is 0 Å². The molecule has 0 spiro atoms. The summed E-state index contributed by atoms with van der Waals surface area (Å²) >= 11 is 0. The molecule has 5 unspecified atom stereocenters. The number of ether oxygens (including phenoxy) is 1. The Bertz CT molecular complexity index is 575. The number of hydrogen-bond acceptors (Lipinski definition) is 12. The average Bonchev–Trinajstić information content (AvgIpc) is 2.45. The normalized spacial score (nSPS) is 33.1. The van der Waals surface area contributed by atoms with Crippen molar-refractivity contribution < 1.29 is 65.0 Å². The van der Waals surface area contributed by atoms with Gasteiger partial charge in [-0.25, -0.2) is 13.1 Å². The molecule has 1 rings (SSSR count). The molecule has 0 aliphatic carbocycles. The van der Waals surface area contributed by atoms with Gasteiger partial charge in [-0.15, -0.1) is 0 Å². The quantitative estimate of drug-likeness (QED) is 0.441. The van der Waals surface area contributed by atoms with Gasteiger partial charge in [-0.2, -0.15) is 0 Å². The van der Waals surface area contributed by atoms with Crippen molar-refractivity contribution in [3.63, 3.8) is 0 Å². The monoisotopic (exact) mass is 404 g/mol. The van der Waals surface area contributed by atoms with Gasteiger partial charge >= 0.3 is 5.92 Å². The number of aliphatic hydroxyl groups excluding tert-OH is 1. The van der Waals surface area contributed by atoms with E-state index in [1.54, 1.807) is 0 Å². The summed E-state index contributed by atoms with van der Waals surface area (Å²) in [5.41, 5.74) is 0. The van der Waals surface area contributed by atoms with Crippen LogP contribution in [0.5, 0.6) is 0 Å². The third-order valence-corrected chi connectivity index (χ3v) is 6.13. The van der Waals surface area contributed by atoms with E-state index in [1.165, 1.54) is 0 Å². The minimum Gasteiger partial charge on any atom is -0.790 e. The van der Waals surface area contributed by atoms with Gasteiger partial charge in [-0.1, -0.05) is 0 Å². The van der Waals surface area contributed by atoms with Gasteiger partial charge in [0.1, 0.15) is 18.3 Å². The van der Waals surface area contributed by atoms with Gasteiger partial charge in [0.25, 0.3) is 15.6 Å². The highest BCUT2D eigenvalue weighted by Crippen LogP contribution is 2.60. The van der Waals surface area contributed by atoms with Crippen LogP contribution in [0, 0.1) is 0 Å². The average molecular weight is 404 g/mol. The standard InChI is InChI=1S/C6H13F2O12P3/c1-3-6(7,8)5(9)4(18-3)2-17-22(13,14)20-23(15,16)19-21(10,11)12/h3-5,9H,2H2,1H3,(H,13,14)(H,15,16)(H2,10,11,12)/p-4. The minimum atomic E-state index is -6.14. The zero-order chi connectivity index (χ0) is 18.3. The molecule has 0 aromatic heterocycles. The SMILES string of the molecule is CC1OC(COP(=O)([O-])OP(=O)([O-])OP(=O)([O-])[O-])C(O)C1(F)F. The Labute approximate surface area is 127 Å². The number of rotatable bonds is 7. The van der Waals surface area contributed by atoms with E-state index in [4.69, 9.17) is 0 Å². The van der Waals surface area contributed by atoms with Crippen LogP contribution >= 0.6 is 23.5 Å². The van der Waals surface area contributed by atoms with Gasteiger partial charge in [0.15, 0.2) is 0 Å². The van der Waals surface area contributed by atoms with Crippen molar-refractivity contribution in [2.75, 3.05) is 6.61 Å². The molecule has 1 heterocycles. The fraction of sp³-hybridized carbons (Fsp3) is 1.00. The van der Waals surface area contributed by atoms with Crippen molar-refractivity contribution in [1.29, 1.82) is 0 Å². The molecular formula is C6H9F2O12P3-4. The van der Waals surface area contributed by atoms with Gasteiger partial charge in [0.05, 0.1) is 14.4 Å². The van der Waals surface area contributed by atoms with Gasteiger partial charge in [0.2, 0.25) is 0 Å². The first-order valence-corrected chi connectivity index (χ1v) is 9.87. The lowest BCUT2D eigenvalue weighted by Crippen LogP contribution is -2.40. The van der Waals surface area contributed by atoms with Crippen molar-refractivity contribution >= 4 is 23.5 Å². The van der Waals surface area contributed by atoms with Crippen molar-refractivity contribution in [2.24, 2.45) is 0 Å². The largest absolute Gasteiger partial charge is 0.790 e. The van der Waals surface area contributed by atoms with Crippen LogP contribution in [0.25, 0.3) is 0 Å². The topological polar surface area (TPSA) is 201 Å². The summed E-state index contributed by atoms with van der Waals surface area (Å²) in [7, 11) is -18.1. The highest BCUT2D eigenvalue weighted by atomic mass is 31.3. The lowest BCUT2D eigenvalue weighted by molar-refractivity contribution is -0.339. The Balaban J connectivity index is 2.65. The molecule has 5 atom stereocenters. The van der Waals surface area contributed by atoms with Gasteiger partial charge in [-0.05, 0) is 6.92 Å². The molecule has 138 valence electrons. The first-order chi connectivity index (χ1) is 10.1. The number of hydrogen-bond donors (Lipinski definition) is 1. The molecular weight excluding hydrogens is 395 g/mol. The number of halogens is 2. The third-order valence-electron chi connectivity index (χ3n) is 2.46. The van der Waals surface area contributed by atoms with E-state index >= 15 is 0 Å². The highest BCUT2D eigenvalue weighted by molar-refractivity contribution is 7.64. The summed E-state index contributed by atoms with van der Waals surface area (Å²) in [4.78, 5) is 42.1. The summed E-state index contributed by atoms with van der Waals surface area (Å²) in [5.74, 6) is -3.71. The lowest BCUT2D eigenvalue weighted by atomic mass is 10.1. The summed E-state index contributed by atoms with van der Waals surface area (Å²) in [5, 5.41) is 9.22. The lowest BCUT2D eigenvalue weighted by Gasteiger charge is -2.37.